The molecular formula is C24H27N3O3S. The average Bonchev–Trinajstić information content (AvgIpc) is 3.42. The molecule has 31 heavy (non-hydrogen) atoms. The fraction of sp³-hybridized carbons (Fsp3) is 0.417. The highest BCUT2D eigenvalue weighted by Gasteiger charge is 2.40. The van der Waals surface area contributed by atoms with Gasteiger partial charge in [-0.25, -0.2) is 4.98 Å². The van der Waals surface area contributed by atoms with E-state index in [0.29, 0.717) is 30.2 Å². The topological polar surface area (TPSA) is 54.9 Å². The van der Waals surface area contributed by atoms with Crippen LogP contribution in [0.25, 0.3) is 10.2 Å². The Hall–Kier alpha value is -2.48. The van der Waals surface area contributed by atoms with Crippen LogP contribution in [-0.4, -0.2) is 60.1 Å². The van der Waals surface area contributed by atoms with Crippen LogP contribution in [0, 0.1) is 11.8 Å². The summed E-state index contributed by atoms with van der Waals surface area (Å²) in [4.78, 5) is 21.0. The Bertz CT molecular complexity index is 1000. The number of benzene rings is 2. The van der Waals surface area contributed by atoms with E-state index in [-0.39, 0.29) is 5.97 Å². The predicted octanol–water partition coefficient (Wildman–Crippen LogP) is 4.02. The zero-order valence-electron chi connectivity index (χ0n) is 17.7. The molecule has 162 valence electrons. The Morgan fingerprint density at radius 1 is 1.03 bits per heavy atom. The molecule has 6 nitrogen and oxygen atoms in total. The lowest BCUT2D eigenvalue weighted by Gasteiger charge is -2.21. The van der Waals surface area contributed by atoms with Crippen LogP contribution < -0.4 is 4.74 Å². The zero-order chi connectivity index (χ0) is 21.2. The molecule has 2 fully saturated rings. The number of esters is 1. The second-order valence-electron chi connectivity index (χ2n) is 8.41. The molecule has 2 aliphatic rings. The lowest BCUT2D eigenvalue weighted by Crippen LogP contribution is -2.33. The summed E-state index contributed by atoms with van der Waals surface area (Å²) < 4.78 is 12.2. The van der Waals surface area contributed by atoms with Gasteiger partial charge in [-0.2, -0.15) is 0 Å². The van der Waals surface area contributed by atoms with E-state index in [1.54, 1.807) is 11.3 Å². The monoisotopic (exact) mass is 437 g/mol. The lowest BCUT2D eigenvalue weighted by atomic mass is 10.0. The van der Waals surface area contributed by atoms with Crippen molar-refractivity contribution in [1.29, 1.82) is 0 Å². The Morgan fingerprint density at radius 3 is 2.45 bits per heavy atom. The van der Waals surface area contributed by atoms with E-state index in [1.807, 2.05) is 37.3 Å². The van der Waals surface area contributed by atoms with Crippen LogP contribution in [-0.2, 0) is 16.1 Å². The van der Waals surface area contributed by atoms with Crippen molar-refractivity contribution in [1.82, 2.24) is 14.8 Å². The molecule has 2 unspecified atom stereocenters. The van der Waals surface area contributed by atoms with Crippen LogP contribution in [0.3, 0.4) is 0 Å². The van der Waals surface area contributed by atoms with Crippen molar-refractivity contribution in [2.24, 2.45) is 11.8 Å². The van der Waals surface area contributed by atoms with E-state index in [4.69, 9.17) is 9.47 Å². The van der Waals surface area contributed by atoms with Crippen molar-refractivity contribution >= 4 is 27.5 Å². The number of nitrogens with zero attached hydrogens (tertiary/aromatic N) is 3. The highest BCUT2D eigenvalue weighted by Crippen LogP contribution is 2.33. The van der Waals surface area contributed by atoms with Gasteiger partial charge in [0.15, 0.2) is 0 Å². The van der Waals surface area contributed by atoms with Crippen LogP contribution in [0.4, 0.5) is 0 Å². The van der Waals surface area contributed by atoms with Crippen molar-refractivity contribution in [3.05, 3.63) is 54.1 Å². The molecular weight excluding hydrogens is 410 g/mol. The summed E-state index contributed by atoms with van der Waals surface area (Å²) in [6.07, 6.45) is 0. The second-order valence-corrected chi connectivity index (χ2v) is 9.40. The minimum absolute atomic E-state index is 0.104. The molecule has 0 radical (unpaired) electrons. The molecule has 2 aromatic carbocycles. The Balaban J connectivity index is 1.12. The average molecular weight is 438 g/mol. The van der Waals surface area contributed by atoms with Gasteiger partial charge < -0.3 is 9.47 Å². The fourth-order valence-electron chi connectivity index (χ4n) is 4.75. The highest BCUT2D eigenvalue weighted by molar-refractivity contribution is 7.20. The molecule has 0 aliphatic carbocycles. The zero-order valence-corrected chi connectivity index (χ0v) is 18.5. The van der Waals surface area contributed by atoms with Gasteiger partial charge in [0.1, 0.15) is 5.75 Å². The number of rotatable bonds is 7. The number of carbonyl (C=O) groups is 1. The van der Waals surface area contributed by atoms with E-state index in [2.05, 4.69) is 33.0 Å². The summed E-state index contributed by atoms with van der Waals surface area (Å²) in [5, 5.41) is 0.675. The number of hydrogen-bond donors (Lipinski definition) is 0. The van der Waals surface area contributed by atoms with Crippen LogP contribution in [0.2, 0.25) is 0 Å². The molecule has 5 rings (SSSR count). The van der Waals surface area contributed by atoms with Crippen molar-refractivity contribution in [3.63, 3.8) is 0 Å². The summed E-state index contributed by atoms with van der Waals surface area (Å²) in [6, 6.07) is 16.4. The Labute approximate surface area is 186 Å². The van der Waals surface area contributed by atoms with Crippen LogP contribution in [0.1, 0.15) is 12.5 Å². The van der Waals surface area contributed by atoms with E-state index in [1.165, 1.54) is 5.56 Å². The molecule has 0 N–H and O–H groups in total. The first-order valence-electron chi connectivity index (χ1n) is 10.9. The number of para-hydroxylation sites is 1. The molecule has 1 aromatic heterocycles. The van der Waals surface area contributed by atoms with E-state index in [0.717, 1.165) is 48.7 Å². The number of likely N-dealkylation sites (tertiary alicyclic amines) is 2. The number of thiazole rings is 1. The Morgan fingerprint density at radius 2 is 1.74 bits per heavy atom. The van der Waals surface area contributed by atoms with Gasteiger partial charge in [0, 0.05) is 32.7 Å². The summed E-state index contributed by atoms with van der Waals surface area (Å²) in [5.41, 5.74) is 2.26. The van der Waals surface area contributed by atoms with Gasteiger partial charge in [0.2, 0.25) is 0 Å². The minimum Gasteiger partial charge on any atom is -0.465 e. The van der Waals surface area contributed by atoms with E-state index < -0.39 is 0 Å². The first-order valence-corrected chi connectivity index (χ1v) is 11.7. The second kappa shape index (κ2) is 8.94. The molecule has 0 spiro atoms. The largest absolute Gasteiger partial charge is 0.465 e. The van der Waals surface area contributed by atoms with Gasteiger partial charge >= 0.3 is 5.97 Å². The summed E-state index contributed by atoms with van der Waals surface area (Å²) in [5.74, 6) is 2.01. The third-order valence-corrected chi connectivity index (χ3v) is 7.02. The van der Waals surface area contributed by atoms with E-state index >= 15 is 0 Å². The summed E-state index contributed by atoms with van der Waals surface area (Å²) >= 11 is 1.56. The van der Waals surface area contributed by atoms with Crippen molar-refractivity contribution in [2.75, 3.05) is 39.3 Å². The summed E-state index contributed by atoms with van der Waals surface area (Å²) in [6.45, 7) is 7.86. The van der Waals surface area contributed by atoms with E-state index in [9.17, 15) is 4.79 Å². The van der Waals surface area contributed by atoms with Crippen LogP contribution in [0.15, 0.2) is 48.5 Å². The standard InChI is InChI=1S/C24H27N3O3S/c1-2-29-23(28)16-27-14-18-12-26(13-19(18)15-27)11-17-7-9-20(10-8-17)30-24-25-21-5-3-4-6-22(21)31-24/h3-10,18-19H,2,11-16H2,1H3. The van der Waals surface area contributed by atoms with Gasteiger partial charge in [-0.1, -0.05) is 35.6 Å². The fourth-order valence-corrected chi connectivity index (χ4v) is 5.59. The van der Waals surface area contributed by atoms with Crippen LogP contribution in [0.5, 0.6) is 10.9 Å². The maximum atomic E-state index is 11.7. The number of aromatic nitrogens is 1. The van der Waals surface area contributed by atoms with Gasteiger partial charge in [-0.3, -0.25) is 14.6 Å². The molecule has 2 saturated heterocycles. The smallest absolute Gasteiger partial charge is 0.320 e. The number of fused-ring (bicyclic) bond motifs is 2. The molecule has 2 atom stereocenters. The molecule has 3 aromatic rings. The minimum atomic E-state index is -0.104. The normalized spacial score (nSPS) is 21.5. The third kappa shape index (κ3) is 4.74. The van der Waals surface area contributed by atoms with Crippen LogP contribution >= 0.6 is 11.3 Å². The lowest BCUT2D eigenvalue weighted by molar-refractivity contribution is -0.144. The van der Waals surface area contributed by atoms with Crippen molar-refractivity contribution < 1.29 is 14.3 Å². The molecule has 2 aliphatic heterocycles. The molecule has 0 amide bonds. The first-order chi connectivity index (χ1) is 15.2. The highest BCUT2D eigenvalue weighted by atomic mass is 32.1. The third-order valence-electron chi connectivity index (χ3n) is 6.10. The molecule has 0 bridgehead atoms. The number of hydrogen-bond acceptors (Lipinski definition) is 7. The predicted molar refractivity (Wildman–Crippen MR) is 121 cm³/mol. The number of carbonyl (C=O) groups excluding carboxylic acids is 1. The van der Waals surface area contributed by atoms with Gasteiger partial charge in [-0.15, -0.1) is 0 Å². The van der Waals surface area contributed by atoms with Gasteiger partial charge in [-0.05, 0) is 48.6 Å². The SMILES string of the molecule is CCOC(=O)CN1CC2CN(Cc3ccc(Oc4nc5ccccc5s4)cc3)CC2C1. The van der Waals surface area contributed by atoms with Gasteiger partial charge in [0.05, 0.1) is 23.4 Å². The molecule has 0 saturated carbocycles. The maximum absolute atomic E-state index is 11.7. The Kier molecular flexibility index (Phi) is 5.89. The van der Waals surface area contributed by atoms with Gasteiger partial charge in [0.25, 0.3) is 5.19 Å². The summed E-state index contributed by atoms with van der Waals surface area (Å²) in [7, 11) is 0. The molecule has 3 heterocycles. The maximum Gasteiger partial charge on any atom is 0.320 e. The number of ether oxygens (including phenoxy) is 2. The van der Waals surface area contributed by atoms with Crippen molar-refractivity contribution in [3.8, 4) is 10.9 Å². The quantitative estimate of drug-likeness (QED) is 0.521. The van der Waals surface area contributed by atoms with Crippen molar-refractivity contribution in [2.45, 2.75) is 13.5 Å². The molecule has 7 heteroatoms. The first kappa shape index (κ1) is 20.4.